The van der Waals surface area contributed by atoms with E-state index < -0.39 is 0 Å². The van der Waals surface area contributed by atoms with Crippen LogP contribution in [0, 0.1) is 13.8 Å². The van der Waals surface area contributed by atoms with Crippen LogP contribution in [0.15, 0.2) is 42.7 Å². The highest BCUT2D eigenvalue weighted by Gasteiger charge is 2.27. The van der Waals surface area contributed by atoms with Gasteiger partial charge in [0.15, 0.2) is 12.5 Å². The van der Waals surface area contributed by atoms with E-state index >= 15 is 0 Å². The van der Waals surface area contributed by atoms with E-state index in [1.165, 1.54) is 0 Å². The lowest BCUT2D eigenvalue weighted by atomic mass is 10.1. The number of piperazine rings is 1. The number of hydrogen-bond donors (Lipinski definition) is 1. The molecule has 1 saturated heterocycles. The molecular weight excluding hydrogens is 366 g/mol. The number of carbonyl (C=O) groups is 1. The smallest absolute Gasteiger partial charge is 0.219 e. The summed E-state index contributed by atoms with van der Waals surface area (Å²) in [6.07, 6.45) is 4.12. The van der Waals surface area contributed by atoms with Crippen LogP contribution in [0.5, 0.6) is 0 Å². The van der Waals surface area contributed by atoms with E-state index in [-0.39, 0.29) is 12.1 Å². The topological polar surface area (TPSA) is 93.2 Å². The average molecular weight is 391 g/mol. The van der Waals surface area contributed by atoms with E-state index in [4.69, 9.17) is 5.73 Å². The maximum absolute atomic E-state index is 11.8. The first-order valence-electron chi connectivity index (χ1n) is 9.71. The Balaban J connectivity index is 1.52. The Morgan fingerprint density at radius 2 is 1.76 bits per heavy atom. The molecule has 0 aliphatic carbocycles. The Kier molecular flexibility index (Phi) is 5.26. The predicted molar refractivity (Wildman–Crippen MR) is 112 cm³/mol. The molecular formula is C21H25N7O. The Bertz CT molecular complexity index is 991. The minimum absolute atomic E-state index is 0.268. The number of anilines is 2. The quantitative estimate of drug-likeness (QED) is 0.666. The van der Waals surface area contributed by atoms with Crippen molar-refractivity contribution in [3.8, 4) is 11.1 Å². The van der Waals surface area contributed by atoms with Crippen LogP contribution < -0.4 is 10.6 Å². The highest BCUT2D eigenvalue weighted by molar-refractivity contribution is 5.78. The van der Waals surface area contributed by atoms with Gasteiger partial charge in [0.25, 0.3) is 0 Å². The van der Waals surface area contributed by atoms with Gasteiger partial charge >= 0.3 is 0 Å². The van der Waals surface area contributed by atoms with Gasteiger partial charge < -0.3 is 10.6 Å². The molecule has 0 bridgehead atoms. The molecule has 2 N–H and O–H groups in total. The Morgan fingerprint density at radius 1 is 1.07 bits per heavy atom. The molecule has 0 amide bonds. The molecule has 4 rings (SSSR count). The van der Waals surface area contributed by atoms with Gasteiger partial charge in [-0.05, 0) is 26.0 Å². The van der Waals surface area contributed by atoms with Gasteiger partial charge in [0.2, 0.25) is 5.95 Å². The highest BCUT2D eigenvalue weighted by Crippen LogP contribution is 2.31. The second-order valence-corrected chi connectivity index (χ2v) is 7.29. The van der Waals surface area contributed by atoms with E-state index in [1.807, 2.05) is 36.7 Å². The van der Waals surface area contributed by atoms with Crippen molar-refractivity contribution in [3.63, 3.8) is 0 Å². The fourth-order valence-corrected chi connectivity index (χ4v) is 3.91. The lowest BCUT2D eigenvalue weighted by Crippen LogP contribution is -2.49. The van der Waals surface area contributed by atoms with Crippen molar-refractivity contribution >= 4 is 17.9 Å². The number of aldehydes is 1. The minimum Gasteiger partial charge on any atom is -0.368 e. The number of carbonyl (C=O) groups excluding carboxylic acids is 1. The van der Waals surface area contributed by atoms with Gasteiger partial charge in [-0.3, -0.25) is 9.69 Å². The van der Waals surface area contributed by atoms with Crippen LogP contribution >= 0.6 is 0 Å². The lowest BCUT2D eigenvalue weighted by molar-refractivity contribution is -0.116. The first-order valence-corrected chi connectivity index (χ1v) is 9.71. The van der Waals surface area contributed by atoms with Crippen LogP contribution in [0.4, 0.5) is 11.6 Å². The summed E-state index contributed by atoms with van der Waals surface area (Å²) >= 11 is 0. The van der Waals surface area contributed by atoms with Crippen molar-refractivity contribution in [1.82, 2.24) is 24.6 Å². The third-order valence-corrected chi connectivity index (χ3v) is 5.33. The predicted octanol–water partition coefficient (Wildman–Crippen LogP) is 2.06. The molecule has 2 aromatic heterocycles. The Hall–Kier alpha value is -3.26. The molecule has 1 atom stereocenters. The van der Waals surface area contributed by atoms with Gasteiger partial charge in [-0.15, -0.1) is 0 Å². The molecule has 8 nitrogen and oxygen atoms in total. The van der Waals surface area contributed by atoms with E-state index in [0.717, 1.165) is 60.7 Å². The molecule has 0 radical (unpaired) electrons. The van der Waals surface area contributed by atoms with Crippen molar-refractivity contribution in [2.24, 2.45) is 0 Å². The molecule has 1 aliphatic rings. The molecule has 29 heavy (non-hydrogen) atoms. The number of nitrogen functional groups attached to an aromatic ring is 1. The van der Waals surface area contributed by atoms with Crippen LogP contribution in [-0.4, -0.2) is 57.1 Å². The van der Waals surface area contributed by atoms with Gasteiger partial charge in [-0.2, -0.15) is 5.10 Å². The van der Waals surface area contributed by atoms with Gasteiger partial charge in [0.05, 0.1) is 5.69 Å². The van der Waals surface area contributed by atoms with Crippen LogP contribution in [0.25, 0.3) is 11.1 Å². The summed E-state index contributed by atoms with van der Waals surface area (Å²) in [7, 11) is 0. The van der Waals surface area contributed by atoms with E-state index in [9.17, 15) is 4.79 Å². The summed E-state index contributed by atoms with van der Waals surface area (Å²) in [6, 6.07) is 10.2. The average Bonchev–Trinajstić information content (AvgIpc) is 3.07. The monoisotopic (exact) mass is 391 g/mol. The highest BCUT2D eigenvalue weighted by atomic mass is 16.1. The van der Waals surface area contributed by atoms with E-state index in [2.05, 4.69) is 37.0 Å². The van der Waals surface area contributed by atoms with Gasteiger partial charge in [0.1, 0.15) is 0 Å². The molecule has 0 spiro atoms. The fourth-order valence-electron chi connectivity index (χ4n) is 3.91. The summed E-state index contributed by atoms with van der Waals surface area (Å²) in [5.74, 6) is 0.268. The molecule has 0 saturated carbocycles. The summed E-state index contributed by atoms with van der Waals surface area (Å²) in [4.78, 5) is 24.6. The number of aryl methyl sites for hydroxylation is 2. The number of benzene rings is 1. The molecule has 8 heteroatoms. The number of nitrogens with zero attached hydrogens (tertiary/aromatic N) is 6. The van der Waals surface area contributed by atoms with Crippen LogP contribution in [0.2, 0.25) is 0 Å². The number of rotatable bonds is 5. The zero-order chi connectivity index (χ0) is 20.4. The molecule has 1 aromatic carbocycles. The third kappa shape index (κ3) is 3.84. The van der Waals surface area contributed by atoms with Crippen molar-refractivity contribution in [3.05, 3.63) is 54.1 Å². The summed E-state index contributed by atoms with van der Waals surface area (Å²) in [5, 5.41) is 4.50. The van der Waals surface area contributed by atoms with Crippen LogP contribution in [0.1, 0.15) is 17.6 Å². The Labute approximate surface area is 170 Å². The summed E-state index contributed by atoms with van der Waals surface area (Å²) < 4.78 is 1.82. The molecule has 1 fully saturated rings. The third-order valence-electron chi connectivity index (χ3n) is 5.33. The zero-order valence-corrected chi connectivity index (χ0v) is 16.7. The molecule has 3 heterocycles. The maximum Gasteiger partial charge on any atom is 0.219 e. The summed E-state index contributed by atoms with van der Waals surface area (Å²) in [6.45, 7) is 7.11. The number of aromatic nitrogens is 4. The zero-order valence-electron chi connectivity index (χ0n) is 16.7. The standard InChI is InChI=1S/C21H25N7O/c1-15-11-16(2)28(25-15)20(14-29)27-9-7-26(8-10-27)19-6-4-3-5-18(19)17-12-23-21(22)24-13-17/h3-6,11-14,20H,7-10H2,1-2H3,(H2,22,23,24). The van der Waals surface area contributed by atoms with Gasteiger partial charge in [-0.25, -0.2) is 14.6 Å². The second kappa shape index (κ2) is 8.00. The van der Waals surface area contributed by atoms with Crippen molar-refractivity contribution in [2.45, 2.75) is 20.0 Å². The number of para-hydroxylation sites is 1. The van der Waals surface area contributed by atoms with Gasteiger partial charge in [-0.1, -0.05) is 18.2 Å². The molecule has 3 aromatic rings. The van der Waals surface area contributed by atoms with Crippen LogP contribution in [0.3, 0.4) is 0 Å². The first kappa shape index (κ1) is 19.1. The first-order chi connectivity index (χ1) is 14.1. The van der Waals surface area contributed by atoms with Gasteiger partial charge in [0, 0.05) is 61.1 Å². The normalized spacial score (nSPS) is 16.0. The summed E-state index contributed by atoms with van der Waals surface area (Å²) in [5.41, 5.74) is 10.7. The van der Waals surface area contributed by atoms with E-state index in [0.29, 0.717) is 0 Å². The second-order valence-electron chi connectivity index (χ2n) is 7.29. The van der Waals surface area contributed by atoms with Crippen molar-refractivity contribution in [2.75, 3.05) is 36.8 Å². The number of nitrogens with two attached hydrogens (primary N) is 1. The maximum atomic E-state index is 11.8. The SMILES string of the molecule is Cc1cc(C)n(C(C=O)N2CCN(c3ccccc3-c3cnc(N)nc3)CC2)n1. The molecule has 1 unspecified atom stereocenters. The fraction of sp³-hybridized carbons (Fsp3) is 0.333. The van der Waals surface area contributed by atoms with Crippen molar-refractivity contribution < 1.29 is 4.79 Å². The van der Waals surface area contributed by atoms with E-state index in [1.54, 1.807) is 12.4 Å². The van der Waals surface area contributed by atoms with Crippen LogP contribution in [-0.2, 0) is 4.79 Å². The molecule has 1 aliphatic heterocycles. The molecule has 150 valence electrons. The number of hydrogen-bond acceptors (Lipinski definition) is 7. The minimum atomic E-state index is -0.369. The Morgan fingerprint density at radius 3 is 2.38 bits per heavy atom. The lowest BCUT2D eigenvalue weighted by Gasteiger charge is -2.39. The largest absolute Gasteiger partial charge is 0.368 e. The van der Waals surface area contributed by atoms with Crippen molar-refractivity contribution in [1.29, 1.82) is 0 Å².